The third-order valence-corrected chi connectivity index (χ3v) is 7.28. The van der Waals surface area contributed by atoms with Crippen molar-refractivity contribution in [1.29, 1.82) is 0 Å². The van der Waals surface area contributed by atoms with Gasteiger partial charge in [0.2, 0.25) is 11.8 Å². The van der Waals surface area contributed by atoms with Gasteiger partial charge in [0, 0.05) is 37.9 Å². The number of benzene rings is 1. The van der Waals surface area contributed by atoms with E-state index in [9.17, 15) is 9.59 Å². The zero-order valence-corrected chi connectivity index (χ0v) is 25.7. The molecule has 5 nitrogen and oxygen atoms in total. The van der Waals surface area contributed by atoms with E-state index in [4.69, 9.17) is 0 Å². The number of rotatable bonds is 25. The molecule has 0 heterocycles. The van der Waals surface area contributed by atoms with Crippen molar-refractivity contribution in [1.82, 2.24) is 10.6 Å². The van der Waals surface area contributed by atoms with Crippen LogP contribution >= 0.6 is 0 Å². The van der Waals surface area contributed by atoms with Crippen LogP contribution in [0.1, 0.15) is 122 Å². The van der Waals surface area contributed by atoms with Gasteiger partial charge in [-0.15, -0.1) is 0 Å². The molecule has 2 amide bonds. The molecular formula is C34H60N3O2+. The van der Waals surface area contributed by atoms with E-state index in [1.807, 2.05) is 0 Å². The highest BCUT2D eigenvalue weighted by Gasteiger charge is 2.15. The predicted molar refractivity (Wildman–Crippen MR) is 166 cm³/mol. The fourth-order valence-electron chi connectivity index (χ4n) is 4.86. The van der Waals surface area contributed by atoms with Crippen LogP contribution in [0, 0.1) is 0 Å². The minimum absolute atomic E-state index is 0.208. The molecule has 0 radical (unpaired) electrons. The Hall–Kier alpha value is -2.14. The number of nitrogens with one attached hydrogen (secondary N) is 2. The number of amides is 2. The summed E-state index contributed by atoms with van der Waals surface area (Å²) in [5, 5.41) is 6.10. The Morgan fingerprint density at radius 2 is 1.15 bits per heavy atom. The first-order valence-corrected chi connectivity index (χ1v) is 16.0. The number of hydrogen-bond acceptors (Lipinski definition) is 2. The third kappa shape index (κ3) is 22.4. The van der Waals surface area contributed by atoms with Crippen LogP contribution in [0.3, 0.4) is 0 Å². The Labute approximate surface area is 240 Å². The molecule has 0 spiro atoms. The highest BCUT2D eigenvalue weighted by molar-refractivity contribution is 5.76. The van der Waals surface area contributed by atoms with E-state index in [-0.39, 0.29) is 11.8 Å². The number of hydrogen-bond donors (Lipinski definition) is 2. The van der Waals surface area contributed by atoms with E-state index in [1.165, 1.54) is 63.4 Å². The van der Waals surface area contributed by atoms with Crippen LogP contribution < -0.4 is 10.6 Å². The Morgan fingerprint density at radius 1 is 0.667 bits per heavy atom. The van der Waals surface area contributed by atoms with Crippen LogP contribution in [0.2, 0.25) is 0 Å². The first-order chi connectivity index (χ1) is 18.9. The molecular weight excluding hydrogens is 482 g/mol. The summed E-state index contributed by atoms with van der Waals surface area (Å²) in [4.78, 5) is 23.8. The molecule has 1 aromatic carbocycles. The highest BCUT2D eigenvalue weighted by atomic mass is 16.2. The van der Waals surface area contributed by atoms with Gasteiger partial charge in [-0.1, -0.05) is 94.4 Å². The van der Waals surface area contributed by atoms with Gasteiger partial charge in [-0.05, 0) is 44.9 Å². The molecule has 0 saturated heterocycles. The van der Waals surface area contributed by atoms with E-state index in [0.717, 1.165) is 69.2 Å². The van der Waals surface area contributed by atoms with Crippen molar-refractivity contribution >= 4 is 11.8 Å². The van der Waals surface area contributed by atoms with Crippen molar-refractivity contribution in [2.75, 3.05) is 33.7 Å². The lowest BCUT2D eigenvalue weighted by atomic mass is 10.1. The number of quaternary nitrogens is 1. The first-order valence-electron chi connectivity index (χ1n) is 16.0. The van der Waals surface area contributed by atoms with Gasteiger partial charge in [-0.2, -0.15) is 0 Å². The summed E-state index contributed by atoms with van der Waals surface area (Å²) < 4.78 is 0.941. The van der Waals surface area contributed by atoms with Crippen molar-refractivity contribution in [3.05, 3.63) is 48.0 Å². The predicted octanol–water partition coefficient (Wildman–Crippen LogP) is 7.70. The monoisotopic (exact) mass is 542 g/mol. The van der Waals surface area contributed by atoms with Crippen LogP contribution in [-0.2, 0) is 16.1 Å². The normalized spacial score (nSPS) is 11.7. The van der Waals surface area contributed by atoms with Gasteiger partial charge in [0.15, 0.2) is 0 Å². The Balaban J connectivity index is 1.84. The van der Waals surface area contributed by atoms with Gasteiger partial charge in [-0.25, -0.2) is 0 Å². The van der Waals surface area contributed by atoms with Crippen molar-refractivity contribution < 1.29 is 14.1 Å². The Morgan fingerprint density at radius 3 is 1.69 bits per heavy atom. The zero-order chi connectivity index (χ0) is 28.4. The molecule has 5 heteroatoms. The molecule has 0 atom stereocenters. The van der Waals surface area contributed by atoms with Crippen LogP contribution in [0.4, 0.5) is 0 Å². The first kappa shape index (κ1) is 34.9. The van der Waals surface area contributed by atoms with Gasteiger partial charge in [0.25, 0.3) is 0 Å². The van der Waals surface area contributed by atoms with E-state index in [2.05, 4.69) is 74.1 Å². The number of carbonyl (C=O) groups is 2. The molecule has 1 rings (SSSR count). The maximum atomic E-state index is 12.1. The fourth-order valence-corrected chi connectivity index (χ4v) is 4.86. The number of allylic oxidation sites excluding steroid dienone is 2. The quantitative estimate of drug-likeness (QED) is 0.0755. The van der Waals surface area contributed by atoms with Crippen LogP contribution in [0.25, 0.3) is 0 Å². The van der Waals surface area contributed by atoms with E-state index >= 15 is 0 Å². The van der Waals surface area contributed by atoms with Crippen LogP contribution in [-0.4, -0.2) is 50.0 Å². The van der Waals surface area contributed by atoms with E-state index in [1.54, 1.807) is 0 Å². The molecule has 0 aliphatic rings. The van der Waals surface area contributed by atoms with Gasteiger partial charge < -0.3 is 15.1 Å². The second-order valence-electron chi connectivity index (χ2n) is 11.8. The molecule has 0 aliphatic carbocycles. The smallest absolute Gasteiger partial charge is 0.219 e. The van der Waals surface area contributed by atoms with Crippen LogP contribution in [0.15, 0.2) is 42.5 Å². The lowest BCUT2D eigenvalue weighted by Crippen LogP contribution is -2.41. The van der Waals surface area contributed by atoms with Gasteiger partial charge >= 0.3 is 0 Å². The van der Waals surface area contributed by atoms with E-state index < -0.39 is 0 Å². The van der Waals surface area contributed by atoms with Crippen molar-refractivity contribution in [3.63, 3.8) is 0 Å². The molecule has 0 saturated carbocycles. The third-order valence-electron chi connectivity index (χ3n) is 7.28. The van der Waals surface area contributed by atoms with Crippen molar-refractivity contribution in [2.45, 2.75) is 123 Å². The molecule has 1 aromatic rings. The number of nitrogens with zero attached hydrogens (tertiary/aromatic N) is 1. The second-order valence-corrected chi connectivity index (χ2v) is 11.8. The van der Waals surface area contributed by atoms with Crippen LogP contribution in [0.5, 0.6) is 0 Å². The summed E-state index contributed by atoms with van der Waals surface area (Å²) in [6.07, 6.45) is 23.4. The number of unbranched alkanes of at least 4 members (excludes halogenated alkanes) is 11. The summed E-state index contributed by atoms with van der Waals surface area (Å²) in [7, 11) is 4.52. The standard InChI is InChI=1S/C34H59N3O2/c1-4-5-28-35-33(38)26-21-16-14-12-10-8-6-7-9-11-13-15-17-22-27-34(39)36-29-23-30-37(2,3)31-32-24-19-18-20-25-32/h6-7,18-20,24-25H,4-5,8-17,21-23,26-31H2,1-3H3,(H-,35,36,38,39)/p+1/b7-6+. The molecule has 2 N–H and O–H groups in total. The Kier molecular flexibility index (Phi) is 21.2. The minimum atomic E-state index is 0.208. The maximum Gasteiger partial charge on any atom is 0.219 e. The molecule has 0 bridgehead atoms. The average molecular weight is 543 g/mol. The van der Waals surface area contributed by atoms with Gasteiger partial charge in [-0.3, -0.25) is 9.59 Å². The number of carbonyl (C=O) groups excluding carboxylic acids is 2. The molecule has 0 aliphatic heterocycles. The summed E-state index contributed by atoms with van der Waals surface area (Å²) in [5.41, 5.74) is 1.36. The zero-order valence-electron chi connectivity index (χ0n) is 25.7. The highest BCUT2D eigenvalue weighted by Crippen LogP contribution is 2.11. The van der Waals surface area contributed by atoms with E-state index in [0.29, 0.717) is 12.8 Å². The summed E-state index contributed by atoms with van der Waals surface area (Å²) in [5.74, 6) is 0.427. The Bertz CT molecular complexity index is 761. The molecule has 0 fully saturated rings. The maximum absolute atomic E-state index is 12.1. The lowest BCUT2D eigenvalue weighted by Gasteiger charge is -2.30. The topological polar surface area (TPSA) is 58.2 Å². The van der Waals surface area contributed by atoms with Gasteiger partial charge in [0.05, 0.1) is 20.6 Å². The lowest BCUT2D eigenvalue weighted by molar-refractivity contribution is -0.903. The largest absolute Gasteiger partial charge is 0.356 e. The van der Waals surface area contributed by atoms with Crippen molar-refractivity contribution in [2.24, 2.45) is 0 Å². The van der Waals surface area contributed by atoms with Gasteiger partial charge in [0.1, 0.15) is 6.54 Å². The molecule has 0 aromatic heterocycles. The summed E-state index contributed by atoms with van der Waals surface area (Å²) in [6, 6.07) is 10.6. The molecule has 222 valence electrons. The SMILES string of the molecule is CCCCNC(=O)CCCCCCC/C=C/CCCCCCCC(=O)NCCC[N+](C)(C)Cc1ccccc1. The minimum Gasteiger partial charge on any atom is -0.356 e. The average Bonchev–Trinajstić information content (AvgIpc) is 2.91. The fraction of sp³-hybridized carbons (Fsp3) is 0.706. The van der Waals surface area contributed by atoms with Crippen molar-refractivity contribution in [3.8, 4) is 0 Å². The summed E-state index contributed by atoms with van der Waals surface area (Å²) in [6.45, 7) is 5.83. The molecule has 0 unspecified atom stereocenters. The molecule has 39 heavy (non-hydrogen) atoms. The second kappa shape index (κ2) is 23.7. The summed E-state index contributed by atoms with van der Waals surface area (Å²) >= 11 is 0.